The molecule has 0 saturated carbocycles. The van der Waals surface area contributed by atoms with Crippen LogP contribution in [0.5, 0.6) is 0 Å². The Morgan fingerprint density at radius 2 is 1.81 bits per heavy atom. The lowest BCUT2D eigenvalue weighted by atomic mass is 10.1. The van der Waals surface area contributed by atoms with Gasteiger partial charge in [0, 0.05) is 13.6 Å². The number of nitrogens with zero attached hydrogens (tertiary/aromatic N) is 2. The summed E-state index contributed by atoms with van der Waals surface area (Å²) in [5.74, 6) is -0.138. The smallest absolute Gasteiger partial charge is 0.311 e. The summed E-state index contributed by atoms with van der Waals surface area (Å²) in [6.45, 7) is 2.22. The van der Waals surface area contributed by atoms with Crippen LogP contribution in [0, 0.1) is 0 Å². The van der Waals surface area contributed by atoms with Crippen LogP contribution in [-0.4, -0.2) is 35.3 Å². The van der Waals surface area contributed by atoms with Gasteiger partial charge >= 0.3 is 6.03 Å². The highest BCUT2D eigenvalue weighted by atomic mass is 16.2. The minimum absolute atomic E-state index is 0.138. The van der Waals surface area contributed by atoms with Crippen molar-refractivity contribution in [2.45, 2.75) is 13.0 Å². The fraction of sp³-hybridized carbons (Fsp3) is 0.333. The maximum atomic E-state index is 12.0. The van der Waals surface area contributed by atoms with E-state index in [4.69, 9.17) is 0 Å². The number of amides is 3. The Morgan fingerprint density at radius 3 is 2.31 bits per heavy atom. The Kier molecular flexibility index (Phi) is 2.64. The van der Waals surface area contributed by atoms with Crippen LogP contribution in [0.2, 0.25) is 0 Å². The van der Waals surface area contributed by atoms with Gasteiger partial charge in [-0.25, -0.2) is 4.79 Å². The van der Waals surface area contributed by atoms with Gasteiger partial charge in [0.05, 0.1) is 0 Å². The molecule has 2 rings (SSSR count). The van der Waals surface area contributed by atoms with Crippen molar-refractivity contribution in [3.05, 3.63) is 35.9 Å². The van der Waals surface area contributed by atoms with Crippen LogP contribution in [0.15, 0.2) is 30.3 Å². The van der Waals surface area contributed by atoms with Gasteiger partial charge < -0.3 is 4.90 Å². The molecule has 0 bridgehead atoms. The Hall–Kier alpha value is -1.84. The first-order valence-electron chi connectivity index (χ1n) is 5.30. The fourth-order valence-electron chi connectivity index (χ4n) is 2.00. The summed E-state index contributed by atoms with van der Waals surface area (Å²) in [7, 11) is 1.66. The van der Waals surface area contributed by atoms with Gasteiger partial charge in [-0.2, -0.15) is 0 Å². The van der Waals surface area contributed by atoms with Gasteiger partial charge in [0.25, 0.3) is 5.91 Å². The third-order valence-corrected chi connectivity index (χ3v) is 2.85. The summed E-state index contributed by atoms with van der Waals surface area (Å²) < 4.78 is 0. The van der Waals surface area contributed by atoms with E-state index >= 15 is 0 Å². The van der Waals surface area contributed by atoms with Crippen LogP contribution < -0.4 is 0 Å². The summed E-state index contributed by atoms with van der Waals surface area (Å²) in [6.07, 6.45) is 0. The van der Waals surface area contributed by atoms with Crippen LogP contribution in [0.4, 0.5) is 4.79 Å². The molecule has 16 heavy (non-hydrogen) atoms. The Balaban J connectivity index is 2.37. The number of hydrogen-bond donors (Lipinski definition) is 0. The minimum Gasteiger partial charge on any atom is -0.311 e. The first-order chi connectivity index (χ1) is 7.66. The molecule has 3 amide bonds. The van der Waals surface area contributed by atoms with Crippen LogP contribution in [0.3, 0.4) is 0 Å². The topological polar surface area (TPSA) is 40.6 Å². The molecule has 4 heteroatoms. The van der Waals surface area contributed by atoms with Gasteiger partial charge in [-0.05, 0) is 12.5 Å². The first kappa shape index (κ1) is 10.7. The molecule has 1 atom stereocenters. The molecule has 1 aromatic rings. The van der Waals surface area contributed by atoms with Crippen molar-refractivity contribution in [2.75, 3.05) is 13.6 Å². The van der Waals surface area contributed by atoms with Gasteiger partial charge in [-0.15, -0.1) is 0 Å². The molecule has 1 saturated heterocycles. The highest BCUT2D eigenvalue weighted by Crippen LogP contribution is 2.28. The number of benzene rings is 1. The Labute approximate surface area is 94.5 Å². The molecule has 0 radical (unpaired) electrons. The van der Waals surface area contributed by atoms with E-state index in [0.29, 0.717) is 6.54 Å². The minimum atomic E-state index is -0.464. The van der Waals surface area contributed by atoms with Crippen molar-refractivity contribution in [2.24, 2.45) is 0 Å². The van der Waals surface area contributed by atoms with Gasteiger partial charge in [-0.3, -0.25) is 9.69 Å². The molecule has 0 aliphatic carbocycles. The van der Waals surface area contributed by atoms with Gasteiger partial charge in [0.15, 0.2) is 0 Å². The number of rotatable bonds is 2. The summed E-state index contributed by atoms with van der Waals surface area (Å²) in [6, 6.07) is 8.68. The van der Waals surface area contributed by atoms with Crippen molar-refractivity contribution >= 4 is 11.9 Å². The zero-order valence-corrected chi connectivity index (χ0v) is 9.38. The lowest BCUT2D eigenvalue weighted by molar-refractivity contribution is -0.128. The fourth-order valence-corrected chi connectivity index (χ4v) is 2.00. The van der Waals surface area contributed by atoms with E-state index in [1.54, 1.807) is 14.0 Å². The van der Waals surface area contributed by atoms with Gasteiger partial charge in [0.2, 0.25) is 0 Å². The highest BCUT2D eigenvalue weighted by Gasteiger charge is 2.42. The second kappa shape index (κ2) is 3.96. The molecule has 4 nitrogen and oxygen atoms in total. The van der Waals surface area contributed by atoms with E-state index in [2.05, 4.69) is 0 Å². The van der Waals surface area contributed by atoms with Crippen molar-refractivity contribution in [1.29, 1.82) is 0 Å². The maximum absolute atomic E-state index is 12.0. The number of likely N-dealkylation sites (N-methyl/N-ethyl adjacent to an activating group) is 2. The number of hydrogen-bond acceptors (Lipinski definition) is 2. The normalized spacial score (nSPS) is 20.8. The summed E-state index contributed by atoms with van der Waals surface area (Å²) in [5.41, 5.74) is 0.860. The average Bonchev–Trinajstić information content (AvgIpc) is 2.51. The lowest BCUT2D eigenvalue weighted by Crippen LogP contribution is -2.31. The SMILES string of the molecule is CCN1C(=O)C(c2ccccc2)N(C)C1=O. The van der Waals surface area contributed by atoms with E-state index < -0.39 is 6.04 Å². The highest BCUT2D eigenvalue weighted by molar-refractivity contribution is 6.04. The van der Waals surface area contributed by atoms with Gasteiger partial charge in [-0.1, -0.05) is 30.3 Å². The van der Waals surface area contributed by atoms with Crippen molar-refractivity contribution in [3.63, 3.8) is 0 Å². The summed E-state index contributed by atoms with van der Waals surface area (Å²) in [5, 5.41) is 0. The number of imide groups is 1. The quantitative estimate of drug-likeness (QED) is 0.708. The molecule has 0 spiro atoms. The zero-order valence-electron chi connectivity index (χ0n) is 9.38. The van der Waals surface area contributed by atoms with Crippen LogP contribution in [0.1, 0.15) is 18.5 Å². The van der Waals surface area contributed by atoms with E-state index in [9.17, 15) is 9.59 Å². The molecule has 0 N–H and O–H groups in total. The molecule has 1 heterocycles. The van der Waals surface area contributed by atoms with Crippen molar-refractivity contribution in [1.82, 2.24) is 9.80 Å². The van der Waals surface area contributed by atoms with E-state index in [0.717, 1.165) is 5.56 Å². The number of carbonyl (C=O) groups excluding carboxylic acids is 2. The first-order valence-corrected chi connectivity index (χ1v) is 5.30. The van der Waals surface area contributed by atoms with Crippen LogP contribution >= 0.6 is 0 Å². The molecule has 1 aromatic carbocycles. The van der Waals surface area contributed by atoms with E-state index in [1.165, 1.54) is 9.80 Å². The molecule has 1 aliphatic rings. The third kappa shape index (κ3) is 1.46. The predicted molar refractivity (Wildman–Crippen MR) is 59.7 cm³/mol. The van der Waals surface area contributed by atoms with E-state index in [1.807, 2.05) is 30.3 Å². The lowest BCUT2D eigenvalue weighted by Gasteiger charge is -2.15. The Bertz CT molecular complexity index is 416. The second-order valence-electron chi connectivity index (χ2n) is 3.79. The van der Waals surface area contributed by atoms with Crippen LogP contribution in [0.25, 0.3) is 0 Å². The Morgan fingerprint density at radius 1 is 1.19 bits per heavy atom. The maximum Gasteiger partial charge on any atom is 0.327 e. The molecule has 1 aliphatic heterocycles. The molecule has 1 fully saturated rings. The van der Waals surface area contributed by atoms with Crippen LogP contribution in [-0.2, 0) is 4.79 Å². The number of carbonyl (C=O) groups is 2. The van der Waals surface area contributed by atoms with Crippen molar-refractivity contribution < 1.29 is 9.59 Å². The predicted octanol–water partition coefficient (Wildman–Crippen LogP) is 1.64. The van der Waals surface area contributed by atoms with E-state index in [-0.39, 0.29) is 11.9 Å². The standard InChI is InChI=1S/C12H14N2O2/c1-3-14-11(15)10(13(2)12(14)16)9-7-5-4-6-8-9/h4-8,10H,3H2,1-2H3. The largest absolute Gasteiger partial charge is 0.327 e. The second-order valence-corrected chi connectivity index (χ2v) is 3.79. The zero-order chi connectivity index (χ0) is 11.7. The third-order valence-electron chi connectivity index (χ3n) is 2.85. The number of urea groups is 1. The molecule has 1 unspecified atom stereocenters. The molecule has 0 aromatic heterocycles. The van der Waals surface area contributed by atoms with Crippen molar-refractivity contribution in [3.8, 4) is 0 Å². The molecular weight excluding hydrogens is 204 g/mol. The average molecular weight is 218 g/mol. The summed E-state index contributed by atoms with van der Waals surface area (Å²) in [4.78, 5) is 26.5. The van der Waals surface area contributed by atoms with Gasteiger partial charge in [0.1, 0.15) is 6.04 Å². The summed E-state index contributed by atoms with van der Waals surface area (Å²) >= 11 is 0. The monoisotopic (exact) mass is 218 g/mol. The molecule has 84 valence electrons. The molecular formula is C12H14N2O2.